The molecule has 2 aromatic rings. The SMILES string of the molecule is CCNC(Cn1nccc1C)c1ccc(C)cc1. The Balaban J connectivity index is 2.18. The molecule has 1 atom stereocenters. The number of nitrogens with zero attached hydrogens (tertiary/aromatic N) is 2. The highest BCUT2D eigenvalue weighted by molar-refractivity contribution is 5.24. The van der Waals surface area contributed by atoms with Crippen LogP contribution in [0.4, 0.5) is 0 Å². The van der Waals surface area contributed by atoms with E-state index in [-0.39, 0.29) is 0 Å². The molecule has 0 saturated carbocycles. The summed E-state index contributed by atoms with van der Waals surface area (Å²) in [7, 11) is 0. The lowest BCUT2D eigenvalue weighted by atomic mass is 10.1. The average molecular weight is 243 g/mol. The van der Waals surface area contributed by atoms with Crippen LogP contribution in [-0.4, -0.2) is 16.3 Å². The van der Waals surface area contributed by atoms with Gasteiger partial charge in [0.15, 0.2) is 0 Å². The highest BCUT2D eigenvalue weighted by atomic mass is 15.3. The lowest BCUT2D eigenvalue weighted by Crippen LogP contribution is -2.26. The fourth-order valence-corrected chi connectivity index (χ4v) is 2.10. The zero-order valence-electron chi connectivity index (χ0n) is 11.4. The second kappa shape index (κ2) is 5.83. The van der Waals surface area contributed by atoms with Gasteiger partial charge in [0.2, 0.25) is 0 Å². The van der Waals surface area contributed by atoms with Crippen LogP contribution < -0.4 is 5.32 Å². The third kappa shape index (κ3) is 2.99. The summed E-state index contributed by atoms with van der Waals surface area (Å²) in [5.74, 6) is 0. The summed E-state index contributed by atoms with van der Waals surface area (Å²) in [6.45, 7) is 8.17. The Morgan fingerprint density at radius 1 is 1.17 bits per heavy atom. The van der Waals surface area contributed by atoms with Gasteiger partial charge in [0.05, 0.1) is 12.6 Å². The summed E-state index contributed by atoms with van der Waals surface area (Å²) in [5, 5.41) is 7.88. The van der Waals surface area contributed by atoms with E-state index in [2.05, 4.69) is 55.5 Å². The first-order valence-corrected chi connectivity index (χ1v) is 6.49. The fraction of sp³-hybridized carbons (Fsp3) is 0.400. The first-order chi connectivity index (χ1) is 8.70. The molecule has 0 radical (unpaired) electrons. The van der Waals surface area contributed by atoms with Gasteiger partial charge in [-0.2, -0.15) is 5.10 Å². The molecule has 0 spiro atoms. The molecular weight excluding hydrogens is 222 g/mol. The maximum absolute atomic E-state index is 4.36. The van der Waals surface area contributed by atoms with Crippen LogP contribution in [-0.2, 0) is 6.54 Å². The highest BCUT2D eigenvalue weighted by Gasteiger charge is 2.12. The monoisotopic (exact) mass is 243 g/mol. The molecule has 0 fully saturated rings. The van der Waals surface area contributed by atoms with Crippen molar-refractivity contribution in [3.8, 4) is 0 Å². The van der Waals surface area contributed by atoms with E-state index in [1.54, 1.807) is 0 Å². The maximum atomic E-state index is 4.36. The number of hydrogen-bond donors (Lipinski definition) is 1. The molecule has 0 aliphatic rings. The van der Waals surface area contributed by atoms with E-state index >= 15 is 0 Å². The number of nitrogens with one attached hydrogen (secondary N) is 1. The molecule has 0 saturated heterocycles. The predicted molar refractivity (Wildman–Crippen MR) is 74.6 cm³/mol. The quantitative estimate of drug-likeness (QED) is 0.875. The van der Waals surface area contributed by atoms with Crippen LogP contribution >= 0.6 is 0 Å². The average Bonchev–Trinajstić information content (AvgIpc) is 2.76. The smallest absolute Gasteiger partial charge is 0.0607 e. The molecule has 1 N–H and O–H groups in total. The first kappa shape index (κ1) is 12.8. The van der Waals surface area contributed by atoms with Crippen LogP contribution in [0.3, 0.4) is 0 Å². The van der Waals surface area contributed by atoms with Gasteiger partial charge >= 0.3 is 0 Å². The molecule has 0 amide bonds. The highest BCUT2D eigenvalue weighted by Crippen LogP contribution is 2.16. The molecule has 18 heavy (non-hydrogen) atoms. The van der Waals surface area contributed by atoms with Gasteiger partial charge in [0.1, 0.15) is 0 Å². The summed E-state index contributed by atoms with van der Waals surface area (Å²) in [5.41, 5.74) is 3.81. The van der Waals surface area contributed by atoms with Crippen molar-refractivity contribution in [2.45, 2.75) is 33.4 Å². The molecular formula is C15H21N3. The first-order valence-electron chi connectivity index (χ1n) is 6.49. The van der Waals surface area contributed by atoms with Crippen LogP contribution in [0.5, 0.6) is 0 Å². The summed E-state index contributed by atoms with van der Waals surface area (Å²) >= 11 is 0. The Morgan fingerprint density at radius 2 is 1.89 bits per heavy atom. The van der Waals surface area contributed by atoms with Crippen molar-refractivity contribution in [1.29, 1.82) is 0 Å². The van der Waals surface area contributed by atoms with Crippen molar-refractivity contribution in [2.75, 3.05) is 6.54 Å². The Bertz CT molecular complexity index is 485. The van der Waals surface area contributed by atoms with Gasteiger partial charge in [-0.15, -0.1) is 0 Å². The summed E-state index contributed by atoms with van der Waals surface area (Å²) < 4.78 is 2.05. The normalized spacial score (nSPS) is 12.6. The van der Waals surface area contributed by atoms with E-state index in [9.17, 15) is 0 Å². The minimum absolute atomic E-state index is 0.314. The molecule has 0 bridgehead atoms. The van der Waals surface area contributed by atoms with E-state index in [1.165, 1.54) is 16.8 Å². The standard InChI is InChI=1S/C15H21N3/c1-4-16-15(11-18-13(3)9-10-17-18)14-7-5-12(2)6-8-14/h5-10,15-16H,4,11H2,1-3H3. The van der Waals surface area contributed by atoms with E-state index in [4.69, 9.17) is 0 Å². The van der Waals surface area contributed by atoms with Crippen molar-refractivity contribution in [2.24, 2.45) is 0 Å². The largest absolute Gasteiger partial charge is 0.309 e. The van der Waals surface area contributed by atoms with Crippen LogP contribution in [0.15, 0.2) is 36.5 Å². The lowest BCUT2D eigenvalue weighted by Gasteiger charge is -2.19. The Kier molecular flexibility index (Phi) is 4.15. The van der Waals surface area contributed by atoms with Gasteiger partial charge in [-0.1, -0.05) is 36.8 Å². The maximum Gasteiger partial charge on any atom is 0.0607 e. The molecule has 3 heteroatoms. The zero-order valence-corrected chi connectivity index (χ0v) is 11.4. The summed E-state index contributed by atoms with van der Waals surface area (Å²) in [4.78, 5) is 0. The molecule has 3 nitrogen and oxygen atoms in total. The van der Waals surface area contributed by atoms with E-state index in [0.29, 0.717) is 6.04 Å². The molecule has 1 unspecified atom stereocenters. The van der Waals surface area contributed by atoms with Crippen molar-refractivity contribution in [3.63, 3.8) is 0 Å². The molecule has 96 valence electrons. The number of hydrogen-bond acceptors (Lipinski definition) is 2. The van der Waals surface area contributed by atoms with Crippen LogP contribution in [0.25, 0.3) is 0 Å². The Morgan fingerprint density at radius 3 is 2.44 bits per heavy atom. The lowest BCUT2D eigenvalue weighted by molar-refractivity contribution is 0.442. The van der Waals surface area contributed by atoms with Gasteiger partial charge < -0.3 is 5.32 Å². The number of rotatable bonds is 5. The predicted octanol–water partition coefficient (Wildman–Crippen LogP) is 2.85. The number of aromatic nitrogens is 2. The molecule has 1 aromatic heterocycles. The fourth-order valence-electron chi connectivity index (χ4n) is 2.10. The molecule has 1 heterocycles. The van der Waals surface area contributed by atoms with Crippen molar-refractivity contribution in [3.05, 3.63) is 53.3 Å². The second-order valence-corrected chi connectivity index (χ2v) is 4.68. The third-order valence-electron chi connectivity index (χ3n) is 3.21. The van der Waals surface area contributed by atoms with Gasteiger partial charge in [0.25, 0.3) is 0 Å². The van der Waals surface area contributed by atoms with Crippen LogP contribution in [0.2, 0.25) is 0 Å². The molecule has 1 aromatic carbocycles. The number of likely N-dealkylation sites (N-methyl/N-ethyl adjacent to an activating group) is 1. The zero-order chi connectivity index (χ0) is 13.0. The van der Waals surface area contributed by atoms with E-state index in [0.717, 1.165) is 13.1 Å². The molecule has 0 aliphatic carbocycles. The van der Waals surface area contributed by atoms with Crippen molar-refractivity contribution in [1.82, 2.24) is 15.1 Å². The van der Waals surface area contributed by atoms with Crippen molar-refractivity contribution >= 4 is 0 Å². The molecule has 0 aliphatic heterocycles. The summed E-state index contributed by atoms with van der Waals surface area (Å²) in [6, 6.07) is 11.1. The Labute approximate surface area is 109 Å². The van der Waals surface area contributed by atoms with Gasteiger partial charge in [0, 0.05) is 11.9 Å². The van der Waals surface area contributed by atoms with Gasteiger partial charge in [-0.05, 0) is 32.0 Å². The number of aryl methyl sites for hydroxylation is 2. The topological polar surface area (TPSA) is 29.9 Å². The molecule has 2 rings (SSSR count). The second-order valence-electron chi connectivity index (χ2n) is 4.68. The van der Waals surface area contributed by atoms with Crippen LogP contribution in [0, 0.1) is 13.8 Å². The van der Waals surface area contributed by atoms with Gasteiger partial charge in [-0.3, -0.25) is 4.68 Å². The van der Waals surface area contributed by atoms with Gasteiger partial charge in [-0.25, -0.2) is 0 Å². The minimum atomic E-state index is 0.314. The van der Waals surface area contributed by atoms with Crippen LogP contribution in [0.1, 0.15) is 29.8 Å². The van der Waals surface area contributed by atoms with Crippen molar-refractivity contribution < 1.29 is 0 Å². The Hall–Kier alpha value is -1.61. The van der Waals surface area contributed by atoms with E-state index in [1.807, 2.05) is 16.9 Å². The number of benzene rings is 1. The third-order valence-corrected chi connectivity index (χ3v) is 3.21. The summed E-state index contributed by atoms with van der Waals surface area (Å²) in [6.07, 6.45) is 1.85. The minimum Gasteiger partial charge on any atom is -0.309 e. The van der Waals surface area contributed by atoms with E-state index < -0.39 is 0 Å².